The Balaban J connectivity index is 2.20. The molecule has 92 valence electrons. The Hall–Kier alpha value is -1.13. The highest BCUT2D eigenvalue weighted by atomic mass is 32.2. The Kier molecular flexibility index (Phi) is 3.35. The lowest BCUT2D eigenvalue weighted by Crippen LogP contribution is -2.34. The van der Waals surface area contributed by atoms with Gasteiger partial charge in [0, 0.05) is 6.42 Å². The fourth-order valence-corrected chi connectivity index (χ4v) is 2.38. The van der Waals surface area contributed by atoms with E-state index < -0.39 is 16.1 Å². The van der Waals surface area contributed by atoms with Gasteiger partial charge >= 0.3 is 0 Å². The van der Waals surface area contributed by atoms with Gasteiger partial charge in [0.15, 0.2) is 4.75 Å². The van der Waals surface area contributed by atoms with Crippen LogP contribution in [0.5, 0.6) is 5.75 Å². The van der Waals surface area contributed by atoms with Gasteiger partial charge in [0.2, 0.25) is 0 Å². The molecule has 4 heteroatoms. The van der Waals surface area contributed by atoms with Gasteiger partial charge in [-0.25, -0.2) is 4.72 Å². The Morgan fingerprint density at radius 1 is 1.53 bits per heavy atom. The van der Waals surface area contributed by atoms with Crippen LogP contribution in [0.4, 0.5) is 5.69 Å². The highest BCUT2D eigenvalue weighted by Crippen LogP contribution is 2.35. The lowest BCUT2D eigenvalue weighted by molar-refractivity contribution is 0.358. The second kappa shape index (κ2) is 4.63. The van der Waals surface area contributed by atoms with Crippen LogP contribution in [0.1, 0.15) is 19.4 Å². The van der Waals surface area contributed by atoms with Crippen molar-refractivity contribution >= 4 is 17.0 Å². The maximum atomic E-state index is 12.1. The summed E-state index contributed by atoms with van der Waals surface area (Å²) in [6.07, 6.45) is 2.61. The third-order valence-corrected chi connectivity index (χ3v) is 4.41. The van der Waals surface area contributed by atoms with Crippen LogP contribution in [0.15, 0.2) is 30.9 Å². The Bertz CT molecular complexity index is 431. The van der Waals surface area contributed by atoms with E-state index in [1.165, 1.54) is 5.56 Å². The molecule has 0 aromatic heterocycles. The Morgan fingerprint density at radius 3 is 3.00 bits per heavy atom. The number of ether oxygens (including phenoxy) is 1. The van der Waals surface area contributed by atoms with Gasteiger partial charge in [-0.2, -0.15) is 0 Å². The van der Waals surface area contributed by atoms with Gasteiger partial charge in [0.1, 0.15) is 11.4 Å². The van der Waals surface area contributed by atoms with Crippen molar-refractivity contribution in [3.8, 4) is 5.75 Å². The minimum atomic E-state index is -1.22. The van der Waals surface area contributed by atoms with E-state index in [1.54, 1.807) is 6.08 Å². The average Bonchev–Trinajstić information content (AvgIpc) is 2.78. The highest BCUT2D eigenvalue weighted by Gasteiger charge is 2.30. The second-order valence-corrected chi connectivity index (χ2v) is 6.36. The third kappa shape index (κ3) is 2.42. The zero-order valence-electron chi connectivity index (χ0n) is 10.2. The average molecular weight is 251 g/mol. The summed E-state index contributed by atoms with van der Waals surface area (Å²) >= 11 is -1.22. The monoisotopic (exact) mass is 251 g/mol. The van der Waals surface area contributed by atoms with E-state index in [2.05, 4.69) is 11.3 Å². The van der Waals surface area contributed by atoms with Gasteiger partial charge in [-0.1, -0.05) is 18.7 Å². The Labute approximate surface area is 105 Å². The van der Waals surface area contributed by atoms with E-state index in [-0.39, 0.29) is 0 Å². The zero-order valence-corrected chi connectivity index (χ0v) is 11.0. The lowest BCUT2D eigenvalue weighted by Gasteiger charge is -2.25. The molecule has 1 heterocycles. The number of fused-ring (bicyclic) bond motifs is 1. The molecule has 1 N–H and O–H groups in total. The van der Waals surface area contributed by atoms with Gasteiger partial charge < -0.3 is 9.29 Å². The molecule has 1 aromatic rings. The van der Waals surface area contributed by atoms with Crippen LogP contribution < -0.4 is 9.46 Å². The molecule has 3 nitrogen and oxygen atoms in total. The predicted octanol–water partition coefficient (Wildman–Crippen LogP) is 2.66. The number of benzene rings is 1. The molecule has 1 aliphatic heterocycles. The molecule has 0 aliphatic carbocycles. The van der Waals surface area contributed by atoms with E-state index in [1.807, 2.05) is 32.0 Å². The van der Waals surface area contributed by atoms with Crippen LogP contribution in [0.3, 0.4) is 0 Å². The van der Waals surface area contributed by atoms with Crippen molar-refractivity contribution in [2.24, 2.45) is 0 Å². The van der Waals surface area contributed by atoms with Crippen molar-refractivity contribution in [3.63, 3.8) is 0 Å². The zero-order chi connectivity index (χ0) is 12.5. The molecule has 1 aliphatic rings. The number of nitrogens with one attached hydrogen (secondary N) is 1. The molecule has 0 fully saturated rings. The summed E-state index contributed by atoms with van der Waals surface area (Å²) in [4.78, 5) is 0. The normalized spacial score (nSPS) is 15.9. The van der Waals surface area contributed by atoms with E-state index in [9.17, 15) is 4.55 Å². The first kappa shape index (κ1) is 12.3. The third-order valence-electron chi connectivity index (χ3n) is 2.89. The summed E-state index contributed by atoms with van der Waals surface area (Å²) in [7, 11) is 0. The SMILES string of the molecule is C=CC(C)(C)[S+]([O-])Nc1cccc2c1OCC2. The Morgan fingerprint density at radius 2 is 2.29 bits per heavy atom. The predicted molar refractivity (Wildman–Crippen MR) is 71.7 cm³/mol. The summed E-state index contributed by atoms with van der Waals surface area (Å²) in [6, 6.07) is 5.88. The number of para-hydroxylation sites is 1. The van der Waals surface area contributed by atoms with Gasteiger partial charge in [0.25, 0.3) is 0 Å². The number of anilines is 1. The molecule has 17 heavy (non-hydrogen) atoms. The van der Waals surface area contributed by atoms with Crippen molar-refractivity contribution < 1.29 is 9.29 Å². The van der Waals surface area contributed by atoms with Crippen LogP contribution in [0.2, 0.25) is 0 Å². The molecular weight excluding hydrogens is 234 g/mol. The minimum Gasteiger partial charge on any atom is -0.592 e. The van der Waals surface area contributed by atoms with Gasteiger partial charge in [-0.15, -0.1) is 0 Å². The second-order valence-electron chi connectivity index (χ2n) is 4.57. The first-order valence-electron chi connectivity index (χ1n) is 5.61. The van der Waals surface area contributed by atoms with Gasteiger partial charge in [-0.05, 0) is 31.6 Å². The standard InChI is InChI=1S/C13H17NO2S/c1-4-13(2,3)17(15)14-11-7-5-6-10-8-9-16-12(10)11/h4-7,14H,1,8-9H2,2-3H3. The minimum absolute atomic E-state index is 0.471. The fourth-order valence-electron chi connectivity index (χ4n) is 1.60. The quantitative estimate of drug-likeness (QED) is 0.661. The molecule has 0 saturated heterocycles. The van der Waals surface area contributed by atoms with E-state index in [0.29, 0.717) is 6.61 Å². The summed E-state index contributed by atoms with van der Waals surface area (Å²) in [5.41, 5.74) is 1.97. The number of hydrogen-bond acceptors (Lipinski definition) is 3. The molecule has 0 spiro atoms. The topological polar surface area (TPSA) is 44.3 Å². The maximum Gasteiger partial charge on any atom is 0.162 e. The fraction of sp³-hybridized carbons (Fsp3) is 0.385. The summed E-state index contributed by atoms with van der Waals surface area (Å²) < 4.78 is 20.2. The summed E-state index contributed by atoms with van der Waals surface area (Å²) in [5.74, 6) is 0.834. The molecule has 2 rings (SSSR count). The molecular formula is C13H17NO2S. The van der Waals surface area contributed by atoms with Crippen molar-refractivity contribution in [2.75, 3.05) is 11.3 Å². The van der Waals surface area contributed by atoms with E-state index in [0.717, 1.165) is 17.9 Å². The highest BCUT2D eigenvalue weighted by molar-refractivity contribution is 7.94. The smallest absolute Gasteiger partial charge is 0.162 e. The van der Waals surface area contributed by atoms with Crippen LogP contribution in [0, 0.1) is 0 Å². The van der Waals surface area contributed by atoms with Crippen molar-refractivity contribution in [1.29, 1.82) is 0 Å². The van der Waals surface area contributed by atoms with E-state index >= 15 is 0 Å². The van der Waals surface area contributed by atoms with Gasteiger partial charge in [0.05, 0.1) is 18.0 Å². The molecule has 0 amide bonds. The van der Waals surface area contributed by atoms with Crippen LogP contribution in [-0.4, -0.2) is 15.9 Å². The molecule has 1 aromatic carbocycles. The molecule has 1 atom stereocenters. The van der Waals surface area contributed by atoms with E-state index in [4.69, 9.17) is 4.74 Å². The van der Waals surface area contributed by atoms with Gasteiger partial charge in [-0.3, -0.25) is 0 Å². The van der Waals surface area contributed by atoms with Crippen LogP contribution in [0.25, 0.3) is 0 Å². The molecule has 1 unspecified atom stereocenters. The first-order chi connectivity index (χ1) is 8.04. The van der Waals surface area contributed by atoms with Crippen LogP contribution in [-0.2, 0) is 17.8 Å². The van der Waals surface area contributed by atoms with Crippen molar-refractivity contribution in [3.05, 3.63) is 36.4 Å². The van der Waals surface area contributed by atoms with Crippen LogP contribution >= 0.6 is 0 Å². The summed E-state index contributed by atoms with van der Waals surface area (Å²) in [5, 5.41) is 0. The summed E-state index contributed by atoms with van der Waals surface area (Å²) in [6.45, 7) is 8.17. The molecule has 0 bridgehead atoms. The molecule has 0 saturated carbocycles. The van der Waals surface area contributed by atoms with Crippen molar-refractivity contribution in [2.45, 2.75) is 25.0 Å². The number of rotatable bonds is 4. The maximum absolute atomic E-state index is 12.1. The number of hydrogen-bond donors (Lipinski definition) is 1. The first-order valence-corrected chi connectivity index (χ1v) is 6.76. The van der Waals surface area contributed by atoms with Crippen molar-refractivity contribution in [1.82, 2.24) is 0 Å². The lowest BCUT2D eigenvalue weighted by atomic mass is 10.1. The molecule has 0 radical (unpaired) electrons. The largest absolute Gasteiger partial charge is 0.592 e.